The molecule has 0 spiro atoms. The number of hydrogen-bond donors (Lipinski definition) is 1. The fourth-order valence-electron chi connectivity index (χ4n) is 3.35. The van der Waals surface area contributed by atoms with Crippen LogP contribution in [0.25, 0.3) is 0 Å². The van der Waals surface area contributed by atoms with Crippen molar-refractivity contribution < 1.29 is 17.9 Å². The van der Waals surface area contributed by atoms with Crippen LogP contribution in [-0.2, 0) is 10.0 Å². The van der Waals surface area contributed by atoms with E-state index >= 15 is 0 Å². The molecular formula is C21H26N2O4S. The first kappa shape index (κ1) is 20.4. The smallest absolute Gasteiger partial charge is 0.251 e. The van der Waals surface area contributed by atoms with E-state index in [1.165, 1.54) is 16.4 Å². The van der Waals surface area contributed by atoms with Crippen molar-refractivity contribution >= 4 is 15.9 Å². The summed E-state index contributed by atoms with van der Waals surface area (Å²) in [5.74, 6) is 0.535. The van der Waals surface area contributed by atoms with E-state index in [1.54, 1.807) is 19.2 Å². The lowest BCUT2D eigenvalue weighted by molar-refractivity contribution is 0.0935. The number of amides is 1. The van der Waals surface area contributed by atoms with Gasteiger partial charge in [-0.2, -0.15) is 4.31 Å². The summed E-state index contributed by atoms with van der Waals surface area (Å²) in [6, 6.07) is 13.6. The van der Waals surface area contributed by atoms with Gasteiger partial charge in [0.25, 0.3) is 5.91 Å². The molecule has 0 radical (unpaired) electrons. The molecule has 1 aliphatic heterocycles. The molecule has 1 N–H and O–H groups in total. The minimum atomic E-state index is -3.47. The van der Waals surface area contributed by atoms with Gasteiger partial charge in [-0.05, 0) is 61.2 Å². The van der Waals surface area contributed by atoms with Crippen molar-refractivity contribution in [2.45, 2.75) is 37.1 Å². The van der Waals surface area contributed by atoms with Crippen LogP contribution < -0.4 is 10.1 Å². The zero-order valence-electron chi connectivity index (χ0n) is 16.2. The van der Waals surface area contributed by atoms with Gasteiger partial charge < -0.3 is 10.1 Å². The van der Waals surface area contributed by atoms with Crippen LogP contribution in [0.4, 0.5) is 0 Å². The molecule has 1 atom stereocenters. The molecule has 3 rings (SSSR count). The lowest BCUT2D eigenvalue weighted by Gasteiger charge is -2.18. The summed E-state index contributed by atoms with van der Waals surface area (Å²) in [4.78, 5) is 12.9. The average Bonchev–Trinajstić information content (AvgIpc) is 3.28. The van der Waals surface area contributed by atoms with Crippen LogP contribution in [0.15, 0.2) is 53.4 Å². The Morgan fingerprint density at radius 1 is 1.07 bits per heavy atom. The van der Waals surface area contributed by atoms with Gasteiger partial charge in [-0.15, -0.1) is 0 Å². The quantitative estimate of drug-likeness (QED) is 0.771. The minimum absolute atomic E-state index is 0.133. The molecule has 2 aromatic rings. The second-order valence-electron chi connectivity index (χ2n) is 6.84. The molecule has 0 aromatic heterocycles. The van der Waals surface area contributed by atoms with Gasteiger partial charge in [-0.1, -0.05) is 19.1 Å². The Morgan fingerprint density at radius 2 is 1.68 bits per heavy atom. The van der Waals surface area contributed by atoms with Crippen molar-refractivity contribution in [1.82, 2.24) is 9.62 Å². The standard InChI is InChI=1S/C21H26N2O4S/c1-3-20(16-6-10-18(27-2)11-7-16)22-21(24)17-8-12-19(13-9-17)28(25,26)23-14-4-5-15-23/h6-13,20H,3-5,14-15H2,1-2H3,(H,22,24)/t20-/m0/s1. The van der Waals surface area contributed by atoms with Crippen molar-refractivity contribution in [1.29, 1.82) is 0 Å². The Hall–Kier alpha value is -2.38. The van der Waals surface area contributed by atoms with E-state index in [4.69, 9.17) is 4.74 Å². The number of sulfonamides is 1. The van der Waals surface area contributed by atoms with Crippen LogP contribution in [0.5, 0.6) is 5.75 Å². The van der Waals surface area contributed by atoms with Crippen LogP contribution in [0.2, 0.25) is 0 Å². The van der Waals surface area contributed by atoms with Crippen LogP contribution in [0.3, 0.4) is 0 Å². The molecule has 1 heterocycles. The summed E-state index contributed by atoms with van der Waals surface area (Å²) >= 11 is 0. The highest BCUT2D eigenvalue weighted by Gasteiger charge is 2.27. The van der Waals surface area contributed by atoms with E-state index in [0.29, 0.717) is 18.7 Å². The number of carbonyl (C=O) groups is 1. The van der Waals surface area contributed by atoms with E-state index in [0.717, 1.165) is 30.6 Å². The highest BCUT2D eigenvalue weighted by Crippen LogP contribution is 2.23. The maximum atomic E-state index is 12.6. The lowest BCUT2D eigenvalue weighted by atomic mass is 10.0. The fraction of sp³-hybridized carbons (Fsp3) is 0.381. The Morgan fingerprint density at radius 3 is 2.21 bits per heavy atom. The molecular weight excluding hydrogens is 376 g/mol. The van der Waals surface area contributed by atoms with Gasteiger partial charge in [0.2, 0.25) is 10.0 Å². The minimum Gasteiger partial charge on any atom is -0.497 e. The third-order valence-corrected chi connectivity index (χ3v) is 6.96. The number of nitrogens with zero attached hydrogens (tertiary/aromatic N) is 1. The molecule has 0 unspecified atom stereocenters. The van der Waals surface area contributed by atoms with Crippen LogP contribution in [0.1, 0.15) is 48.1 Å². The number of carbonyl (C=O) groups excluding carboxylic acids is 1. The second-order valence-corrected chi connectivity index (χ2v) is 8.78. The molecule has 1 saturated heterocycles. The van der Waals surface area contributed by atoms with Gasteiger partial charge in [0.05, 0.1) is 18.0 Å². The fourth-order valence-corrected chi connectivity index (χ4v) is 4.87. The number of rotatable bonds is 7. The summed E-state index contributed by atoms with van der Waals surface area (Å²) in [5, 5.41) is 3.01. The number of methoxy groups -OCH3 is 1. The lowest BCUT2D eigenvalue weighted by Crippen LogP contribution is -2.29. The molecule has 6 nitrogen and oxygen atoms in total. The van der Waals surface area contributed by atoms with Gasteiger partial charge >= 0.3 is 0 Å². The maximum absolute atomic E-state index is 12.6. The zero-order chi connectivity index (χ0) is 20.1. The van der Waals surface area contributed by atoms with Gasteiger partial charge in [0, 0.05) is 18.7 Å². The number of ether oxygens (including phenoxy) is 1. The van der Waals surface area contributed by atoms with Gasteiger partial charge in [0.15, 0.2) is 0 Å². The van der Waals surface area contributed by atoms with E-state index in [9.17, 15) is 13.2 Å². The summed E-state index contributed by atoms with van der Waals surface area (Å²) in [5.41, 5.74) is 1.43. The molecule has 150 valence electrons. The molecule has 1 amide bonds. The predicted molar refractivity (Wildman–Crippen MR) is 108 cm³/mol. The Balaban J connectivity index is 1.71. The highest BCUT2D eigenvalue weighted by atomic mass is 32.2. The van der Waals surface area contributed by atoms with E-state index < -0.39 is 10.0 Å². The van der Waals surface area contributed by atoms with Crippen molar-refractivity contribution in [3.8, 4) is 5.75 Å². The molecule has 2 aromatic carbocycles. The summed E-state index contributed by atoms with van der Waals surface area (Å²) < 4.78 is 31.9. The van der Waals surface area contributed by atoms with E-state index in [1.807, 2.05) is 31.2 Å². The predicted octanol–water partition coefficient (Wildman–Crippen LogP) is 3.36. The molecule has 1 fully saturated rings. The molecule has 0 saturated carbocycles. The van der Waals surface area contributed by atoms with Crippen LogP contribution >= 0.6 is 0 Å². The largest absolute Gasteiger partial charge is 0.497 e. The first-order chi connectivity index (χ1) is 13.5. The van der Waals surface area contributed by atoms with Crippen molar-refractivity contribution in [3.05, 3.63) is 59.7 Å². The average molecular weight is 403 g/mol. The molecule has 0 bridgehead atoms. The first-order valence-corrected chi connectivity index (χ1v) is 10.9. The first-order valence-electron chi connectivity index (χ1n) is 9.50. The second kappa shape index (κ2) is 8.75. The summed E-state index contributed by atoms with van der Waals surface area (Å²) in [6.45, 7) is 3.12. The van der Waals surface area contributed by atoms with Gasteiger partial charge in [-0.3, -0.25) is 4.79 Å². The SMILES string of the molecule is CC[C@H](NC(=O)c1ccc(S(=O)(=O)N2CCCC2)cc1)c1ccc(OC)cc1. The molecule has 1 aliphatic rings. The topological polar surface area (TPSA) is 75.7 Å². The third-order valence-electron chi connectivity index (χ3n) is 5.05. The Bertz CT molecular complexity index is 902. The Kier molecular flexibility index (Phi) is 6.36. The number of hydrogen-bond acceptors (Lipinski definition) is 4. The van der Waals surface area contributed by atoms with Crippen molar-refractivity contribution in [3.63, 3.8) is 0 Å². The summed E-state index contributed by atoms with van der Waals surface area (Å²) in [7, 11) is -1.86. The third kappa shape index (κ3) is 4.36. The molecule has 0 aliphatic carbocycles. The normalized spacial score (nSPS) is 15.9. The van der Waals surface area contributed by atoms with E-state index in [-0.39, 0.29) is 16.8 Å². The van der Waals surface area contributed by atoms with Crippen molar-refractivity contribution in [2.75, 3.05) is 20.2 Å². The van der Waals surface area contributed by atoms with Crippen LogP contribution in [-0.4, -0.2) is 38.8 Å². The van der Waals surface area contributed by atoms with Crippen LogP contribution in [0, 0.1) is 0 Å². The molecule has 28 heavy (non-hydrogen) atoms. The Labute approximate surface area is 166 Å². The molecule has 7 heteroatoms. The number of nitrogens with one attached hydrogen (secondary N) is 1. The maximum Gasteiger partial charge on any atom is 0.251 e. The van der Waals surface area contributed by atoms with Crippen molar-refractivity contribution in [2.24, 2.45) is 0 Å². The highest BCUT2D eigenvalue weighted by molar-refractivity contribution is 7.89. The summed E-state index contributed by atoms with van der Waals surface area (Å²) in [6.07, 6.45) is 2.52. The van der Waals surface area contributed by atoms with Gasteiger partial charge in [-0.25, -0.2) is 8.42 Å². The van der Waals surface area contributed by atoms with E-state index in [2.05, 4.69) is 5.32 Å². The van der Waals surface area contributed by atoms with Gasteiger partial charge in [0.1, 0.15) is 5.75 Å². The zero-order valence-corrected chi connectivity index (χ0v) is 17.0. The number of benzene rings is 2. The monoisotopic (exact) mass is 402 g/mol.